The van der Waals surface area contributed by atoms with Crippen molar-refractivity contribution in [3.8, 4) is 10.4 Å². The average molecular weight is 453 g/mol. The molecule has 2 atom stereocenters. The number of nitrogens with zero attached hydrogens (tertiary/aromatic N) is 3. The maximum absolute atomic E-state index is 12.9. The van der Waals surface area contributed by atoms with Crippen LogP contribution in [0.2, 0.25) is 5.02 Å². The van der Waals surface area contributed by atoms with Crippen LogP contribution < -0.4 is 5.43 Å². The molecule has 150 valence electrons. The van der Waals surface area contributed by atoms with Crippen molar-refractivity contribution in [2.24, 2.45) is 0 Å². The molecule has 5 nitrogen and oxygen atoms in total. The largest absolute Gasteiger partial charge is 0.277 e. The number of hydrazine groups is 1. The standard InChI is InChI=1S/C22H17ClN4OS2/c1-13-21(28)27(22(29-13)15-9-5-6-10-16(15)23)26-20-19-17(24-12-25-20)11-18(30-19)14-7-3-2-4-8-14/h2-13,22H,1H3,(H,24,25,26). The number of nitrogens with one attached hydrogen (secondary N) is 1. The normalized spacial score (nSPS) is 18.9. The fraction of sp³-hybridized carbons (Fsp3) is 0.136. The summed E-state index contributed by atoms with van der Waals surface area (Å²) < 4.78 is 0.909. The van der Waals surface area contributed by atoms with Crippen LogP contribution in [0, 0.1) is 0 Å². The zero-order valence-corrected chi connectivity index (χ0v) is 18.3. The van der Waals surface area contributed by atoms with Gasteiger partial charge in [0.1, 0.15) is 11.7 Å². The quantitative estimate of drug-likeness (QED) is 0.411. The van der Waals surface area contributed by atoms with Crippen molar-refractivity contribution in [1.82, 2.24) is 15.0 Å². The molecule has 2 aromatic carbocycles. The Balaban J connectivity index is 1.53. The van der Waals surface area contributed by atoms with E-state index in [2.05, 4.69) is 33.6 Å². The Hall–Kier alpha value is -2.61. The lowest BCUT2D eigenvalue weighted by atomic mass is 10.2. The number of anilines is 1. The molecule has 0 spiro atoms. The lowest BCUT2D eigenvalue weighted by molar-refractivity contribution is -0.128. The summed E-state index contributed by atoms with van der Waals surface area (Å²) in [4.78, 5) is 22.9. The Morgan fingerprint density at radius 1 is 1.07 bits per heavy atom. The third-order valence-corrected chi connectivity index (χ3v) is 7.78. The molecule has 5 rings (SSSR count). The first-order valence-electron chi connectivity index (χ1n) is 9.41. The van der Waals surface area contributed by atoms with Gasteiger partial charge in [-0.25, -0.2) is 15.0 Å². The first-order chi connectivity index (χ1) is 14.6. The van der Waals surface area contributed by atoms with E-state index in [1.165, 1.54) is 6.33 Å². The van der Waals surface area contributed by atoms with Crippen LogP contribution in [0.25, 0.3) is 20.7 Å². The van der Waals surface area contributed by atoms with Crippen molar-refractivity contribution < 1.29 is 4.79 Å². The molecule has 1 N–H and O–H groups in total. The molecule has 1 fully saturated rings. The Morgan fingerprint density at radius 2 is 1.83 bits per heavy atom. The van der Waals surface area contributed by atoms with Crippen LogP contribution in [0.3, 0.4) is 0 Å². The van der Waals surface area contributed by atoms with Crippen LogP contribution in [-0.2, 0) is 4.79 Å². The molecular formula is C22H17ClN4OS2. The van der Waals surface area contributed by atoms with E-state index in [1.54, 1.807) is 28.1 Å². The lowest BCUT2D eigenvalue weighted by Gasteiger charge is -2.25. The van der Waals surface area contributed by atoms with Gasteiger partial charge in [0, 0.05) is 15.5 Å². The van der Waals surface area contributed by atoms with Gasteiger partial charge in [0.05, 0.1) is 15.5 Å². The number of halogens is 1. The van der Waals surface area contributed by atoms with E-state index in [0.717, 1.165) is 26.2 Å². The lowest BCUT2D eigenvalue weighted by Crippen LogP contribution is -2.35. The minimum absolute atomic E-state index is 0.00322. The summed E-state index contributed by atoms with van der Waals surface area (Å²) in [5.74, 6) is 0.615. The van der Waals surface area contributed by atoms with Gasteiger partial charge >= 0.3 is 0 Å². The third kappa shape index (κ3) is 3.43. The first kappa shape index (κ1) is 19.4. The number of benzene rings is 2. The van der Waals surface area contributed by atoms with Gasteiger partial charge in [0.2, 0.25) is 0 Å². The van der Waals surface area contributed by atoms with Gasteiger partial charge in [-0.2, -0.15) is 0 Å². The molecular weight excluding hydrogens is 436 g/mol. The van der Waals surface area contributed by atoms with E-state index in [1.807, 2.05) is 49.4 Å². The molecule has 1 saturated heterocycles. The molecule has 30 heavy (non-hydrogen) atoms. The minimum atomic E-state index is -0.236. The van der Waals surface area contributed by atoms with Crippen LogP contribution in [0.15, 0.2) is 67.0 Å². The molecule has 0 bridgehead atoms. The highest BCUT2D eigenvalue weighted by Crippen LogP contribution is 2.45. The number of rotatable bonds is 4. The van der Waals surface area contributed by atoms with E-state index in [-0.39, 0.29) is 16.5 Å². The summed E-state index contributed by atoms with van der Waals surface area (Å²) >= 11 is 9.60. The zero-order valence-electron chi connectivity index (χ0n) is 15.9. The number of hydrogen-bond donors (Lipinski definition) is 1. The highest BCUT2D eigenvalue weighted by Gasteiger charge is 2.40. The minimum Gasteiger partial charge on any atom is -0.277 e. The van der Waals surface area contributed by atoms with Crippen molar-refractivity contribution in [1.29, 1.82) is 0 Å². The summed E-state index contributed by atoms with van der Waals surface area (Å²) in [7, 11) is 0. The number of fused-ring (bicyclic) bond motifs is 1. The summed E-state index contributed by atoms with van der Waals surface area (Å²) in [5.41, 5.74) is 6.14. The number of carbonyl (C=O) groups excluding carboxylic acids is 1. The van der Waals surface area contributed by atoms with Gasteiger partial charge in [-0.3, -0.25) is 10.2 Å². The predicted octanol–water partition coefficient (Wildman–Crippen LogP) is 6.00. The maximum atomic E-state index is 12.9. The summed E-state index contributed by atoms with van der Waals surface area (Å²) in [6.45, 7) is 1.91. The van der Waals surface area contributed by atoms with Gasteiger partial charge in [-0.15, -0.1) is 23.1 Å². The maximum Gasteiger partial charge on any atom is 0.255 e. The van der Waals surface area contributed by atoms with Crippen molar-refractivity contribution in [2.45, 2.75) is 17.5 Å². The summed E-state index contributed by atoms with van der Waals surface area (Å²) in [6, 6.07) is 19.8. The summed E-state index contributed by atoms with van der Waals surface area (Å²) in [6.07, 6.45) is 1.52. The number of aromatic nitrogens is 2. The van der Waals surface area contributed by atoms with Crippen molar-refractivity contribution in [3.63, 3.8) is 0 Å². The molecule has 1 aliphatic heterocycles. The monoisotopic (exact) mass is 452 g/mol. The van der Waals surface area contributed by atoms with Gasteiger partial charge in [0.15, 0.2) is 5.82 Å². The third-order valence-electron chi connectivity index (χ3n) is 4.92. The fourth-order valence-corrected chi connectivity index (χ4v) is 6.02. The molecule has 2 aromatic heterocycles. The Kier molecular flexibility index (Phi) is 5.10. The molecule has 1 aliphatic rings. The average Bonchev–Trinajstić information content (AvgIpc) is 3.32. The second-order valence-electron chi connectivity index (χ2n) is 6.89. The van der Waals surface area contributed by atoms with E-state index >= 15 is 0 Å². The highest BCUT2D eigenvalue weighted by molar-refractivity contribution is 8.01. The molecule has 0 saturated carbocycles. The molecule has 2 unspecified atom stereocenters. The van der Waals surface area contributed by atoms with E-state index in [4.69, 9.17) is 11.6 Å². The number of thioether (sulfide) groups is 1. The molecule has 8 heteroatoms. The van der Waals surface area contributed by atoms with Gasteiger partial charge in [0.25, 0.3) is 5.91 Å². The molecule has 1 amide bonds. The Morgan fingerprint density at radius 3 is 2.63 bits per heavy atom. The van der Waals surface area contributed by atoms with Gasteiger partial charge in [-0.1, -0.05) is 60.1 Å². The van der Waals surface area contributed by atoms with E-state index in [0.29, 0.717) is 10.8 Å². The van der Waals surface area contributed by atoms with Gasteiger partial charge < -0.3 is 0 Å². The SMILES string of the molecule is CC1SC(c2ccccc2Cl)N(Nc2ncnc3cc(-c4ccccc4)sc23)C1=O. The number of thiophene rings is 1. The number of hydrogen-bond acceptors (Lipinski definition) is 6. The second-order valence-corrected chi connectivity index (χ2v) is 9.77. The summed E-state index contributed by atoms with van der Waals surface area (Å²) in [5, 5.41) is 1.86. The first-order valence-corrected chi connectivity index (χ1v) is 11.5. The van der Waals surface area contributed by atoms with E-state index in [9.17, 15) is 4.79 Å². The predicted molar refractivity (Wildman–Crippen MR) is 125 cm³/mol. The second kappa shape index (κ2) is 7.91. The fourth-order valence-electron chi connectivity index (χ4n) is 3.42. The van der Waals surface area contributed by atoms with Crippen molar-refractivity contribution in [3.05, 3.63) is 77.6 Å². The molecule has 0 radical (unpaired) electrons. The van der Waals surface area contributed by atoms with Crippen LogP contribution >= 0.6 is 34.7 Å². The van der Waals surface area contributed by atoms with Crippen LogP contribution in [-0.4, -0.2) is 26.1 Å². The zero-order chi connectivity index (χ0) is 20.7. The molecule has 3 heterocycles. The van der Waals surface area contributed by atoms with E-state index < -0.39 is 0 Å². The van der Waals surface area contributed by atoms with Crippen LogP contribution in [0.1, 0.15) is 17.9 Å². The number of amides is 1. The topological polar surface area (TPSA) is 58.1 Å². The van der Waals surface area contributed by atoms with Crippen molar-refractivity contribution in [2.75, 3.05) is 5.43 Å². The highest BCUT2D eigenvalue weighted by atomic mass is 35.5. The molecule has 4 aromatic rings. The van der Waals surface area contributed by atoms with Crippen LogP contribution in [0.5, 0.6) is 0 Å². The Bertz CT molecular complexity index is 1230. The van der Waals surface area contributed by atoms with Crippen molar-refractivity contribution >= 4 is 56.6 Å². The smallest absolute Gasteiger partial charge is 0.255 e. The molecule has 0 aliphatic carbocycles. The number of carbonyl (C=O) groups is 1. The van der Waals surface area contributed by atoms with Crippen LogP contribution in [0.4, 0.5) is 5.82 Å². The Labute approximate surface area is 187 Å². The van der Waals surface area contributed by atoms with Gasteiger partial charge in [-0.05, 0) is 24.6 Å².